The molecule has 2 aliphatic rings. The van der Waals surface area contributed by atoms with E-state index in [1.54, 1.807) is 18.3 Å². The molecule has 0 N–H and O–H groups in total. The molecule has 1 aromatic carbocycles. The summed E-state index contributed by atoms with van der Waals surface area (Å²) in [5.41, 5.74) is 1.84. The molecule has 1 fully saturated rings. The van der Waals surface area contributed by atoms with Crippen molar-refractivity contribution in [1.82, 2.24) is 4.90 Å². The van der Waals surface area contributed by atoms with Gasteiger partial charge in [-0.05, 0) is 37.6 Å². The van der Waals surface area contributed by atoms with E-state index >= 15 is 0 Å². The Morgan fingerprint density at radius 2 is 2.15 bits per heavy atom. The first-order valence-electron chi connectivity index (χ1n) is 6.90. The van der Waals surface area contributed by atoms with E-state index in [9.17, 15) is 10.1 Å². The highest BCUT2D eigenvalue weighted by Crippen LogP contribution is 2.32. The van der Waals surface area contributed by atoms with E-state index in [-0.39, 0.29) is 5.69 Å². The fraction of sp³-hybridized carbons (Fsp3) is 0.500. The third kappa shape index (κ3) is 2.65. The maximum absolute atomic E-state index is 11.1. The lowest BCUT2D eigenvalue weighted by atomic mass is 10.1. The number of benzene rings is 1. The van der Waals surface area contributed by atoms with Gasteiger partial charge in [0.2, 0.25) is 0 Å². The van der Waals surface area contributed by atoms with Gasteiger partial charge in [-0.15, -0.1) is 0 Å². The zero-order valence-corrected chi connectivity index (χ0v) is 11.2. The predicted molar refractivity (Wildman–Crippen MR) is 75.6 cm³/mol. The van der Waals surface area contributed by atoms with Crippen molar-refractivity contribution < 1.29 is 9.66 Å². The van der Waals surface area contributed by atoms with E-state index in [1.165, 1.54) is 12.8 Å². The van der Waals surface area contributed by atoms with E-state index in [1.807, 2.05) is 0 Å². The molecule has 1 saturated heterocycles. The monoisotopic (exact) mass is 275 g/mol. The van der Waals surface area contributed by atoms with Crippen molar-refractivity contribution in [3.63, 3.8) is 0 Å². The summed E-state index contributed by atoms with van der Waals surface area (Å²) in [5, 5.41) is 11.1. The van der Waals surface area contributed by atoms with Crippen LogP contribution in [-0.2, 0) is 6.54 Å². The van der Waals surface area contributed by atoms with Gasteiger partial charge in [0.1, 0.15) is 6.61 Å². The van der Waals surface area contributed by atoms with Gasteiger partial charge in [0, 0.05) is 24.4 Å². The molecule has 0 bridgehead atoms. The summed E-state index contributed by atoms with van der Waals surface area (Å²) in [6, 6.07) is 3.31. The summed E-state index contributed by atoms with van der Waals surface area (Å²) >= 11 is 0. The Bertz CT molecular complexity index is 551. The predicted octanol–water partition coefficient (Wildman–Crippen LogP) is 2.00. The molecule has 3 rings (SSSR count). The van der Waals surface area contributed by atoms with Gasteiger partial charge >= 0.3 is 5.69 Å². The topological polar surface area (TPSA) is 68.0 Å². The lowest BCUT2D eigenvalue weighted by Crippen LogP contribution is -2.25. The smallest absolute Gasteiger partial charge is 0.311 e. The van der Waals surface area contributed by atoms with E-state index < -0.39 is 4.92 Å². The van der Waals surface area contributed by atoms with Crippen molar-refractivity contribution in [2.45, 2.75) is 19.4 Å². The standard InChI is InChI=1S/C14H17N3O3/c18-17(19)13-7-11-9-15-10-12(11)8-14(13)20-6-5-16-3-1-2-4-16/h7-9H,1-6,10H2. The fourth-order valence-electron chi connectivity index (χ4n) is 2.68. The van der Waals surface area contributed by atoms with E-state index in [2.05, 4.69) is 9.89 Å². The highest BCUT2D eigenvalue weighted by molar-refractivity contribution is 5.86. The molecule has 6 nitrogen and oxygen atoms in total. The first-order valence-corrected chi connectivity index (χ1v) is 6.90. The van der Waals surface area contributed by atoms with Crippen LogP contribution in [0, 0.1) is 10.1 Å². The molecule has 0 unspecified atom stereocenters. The molecule has 2 heterocycles. The Morgan fingerprint density at radius 1 is 1.35 bits per heavy atom. The first kappa shape index (κ1) is 13.1. The molecule has 0 spiro atoms. The lowest BCUT2D eigenvalue weighted by Gasteiger charge is -2.15. The van der Waals surface area contributed by atoms with Crippen molar-refractivity contribution in [2.24, 2.45) is 4.99 Å². The summed E-state index contributed by atoms with van der Waals surface area (Å²) in [6.45, 7) is 4.09. The summed E-state index contributed by atoms with van der Waals surface area (Å²) in [7, 11) is 0. The van der Waals surface area contributed by atoms with Gasteiger partial charge in [-0.1, -0.05) is 0 Å². The Morgan fingerprint density at radius 3 is 2.90 bits per heavy atom. The maximum Gasteiger partial charge on any atom is 0.311 e. The zero-order chi connectivity index (χ0) is 13.9. The van der Waals surface area contributed by atoms with Crippen LogP contribution in [0.15, 0.2) is 17.1 Å². The van der Waals surface area contributed by atoms with E-state index in [4.69, 9.17) is 4.74 Å². The van der Waals surface area contributed by atoms with Gasteiger partial charge in [0.05, 0.1) is 11.5 Å². The SMILES string of the molecule is O=[N+]([O-])c1cc2c(cc1OCCN1CCCC1)CN=C2. The van der Waals surface area contributed by atoms with Gasteiger partial charge < -0.3 is 4.74 Å². The summed E-state index contributed by atoms with van der Waals surface area (Å²) in [4.78, 5) is 17.2. The number of hydrogen-bond acceptors (Lipinski definition) is 5. The van der Waals surface area contributed by atoms with Crippen LogP contribution in [0.1, 0.15) is 24.0 Å². The Labute approximate surface area is 117 Å². The molecular formula is C14H17N3O3. The second-order valence-corrected chi connectivity index (χ2v) is 5.14. The quantitative estimate of drug-likeness (QED) is 0.609. The minimum atomic E-state index is -0.391. The van der Waals surface area contributed by atoms with Crippen LogP contribution in [0.25, 0.3) is 0 Å². The van der Waals surface area contributed by atoms with Crippen molar-refractivity contribution in [3.8, 4) is 5.75 Å². The summed E-state index contributed by atoms with van der Waals surface area (Å²) in [6.07, 6.45) is 4.14. The average molecular weight is 275 g/mol. The third-order valence-corrected chi connectivity index (χ3v) is 3.77. The summed E-state index contributed by atoms with van der Waals surface area (Å²) < 4.78 is 5.65. The highest BCUT2D eigenvalue weighted by atomic mass is 16.6. The average Bonchev–Trinajstić information content (AvgIpc) is 3.07. The molecule has 0 saturated carbocycles. The van der Waals surface area contributed by atoms with Gasteiger partial charge in [-0.3, -0.25) is 20.0 Å². The zero-order valence-electron chi connectivity index (χ0n) is 11.2. The van der Waals surface area contributed by atoms with Gasteiger partial charge in [0.15, 0.2) is 5.75 Å². The summed E-state index contributed by atoms with van der Waals surface area (Å²) in [5.74, 6) is 0.360. The van der Waals surface area contributed by atoms with Gasteiger partial charge in [-0.2, -0.15) is 0 Å². The third-order valence-electron chi connectivity index (χ3n) is 3.77. The van der Waals surface area contributed by atoms with E-state index in [0.29, 0.717) is 18.9 Å². The number of aliphatic imine (C=N–C) groups is 1. The van der Waals surface area contributed by atoms with Crippen LogP contribution in [-0.4, -0.2) is 42.3 Å². The number of fused-ring (bicyclic) bond motifs is 1. The lowest BCUT2D eigenvalue weighted by molar-refractivity contribution is -0.385. The minimum Gasteiger partial charge on any atom is -0.485 e. The molecule has 0 atom stereocenters. The molecule has 0 aromatic heterocycles. The van der Waals surface area contributed by atoms with Crippen LogP contribution in [0.4, 0.5) is 5.69 Å². The molecule has 1 aromatic rings. The number of ether oxygens (including phenoxy) is 1. The maximum atomic E-state index is 11.1. The molecule has 6 heteroatoms. The highest BCUT2D eigenvalue weighted by Gasteiger charge is 2.21. The molecule has 20 heavy (non-hydrogen) atoms. The number of nitro groups is 1. The van der Waals surface area contributed by atoms with Crippen LogP contribution in [0.2, 0.25) is 0 Å². The van der Waals surface area contributed by atoms with Gasteiger partial charge in [-0.25, -0.2) is 0 Å². The first-order chi connectivity index (χ1) is 9.74. The molecule has 106 valence electrons. The van der Waals surface area contributed by atoms with Crippen molar-refractivity contribution in [2.75, 3.05) is 26.2 Å². The van der Waals surface area contributed by atoms with Crippen molar-refractivity contribution >= 4 is 11.9 Å². The van der Waals surface area contributed by atoms with Crippen molar-refractivity contribution in [3.05, 3.63) is 33.4 Å². The van der Waals surface area contributed by atoms with E-state index in [0.717, 1.165) is 30.8 Å². The number of hydrogen-bond donors (Lipinski definition) is 0. The number of likely N-dealkylation sites (tertiary alicyclic amines) is 1. The minimum absolute atomic E-state index is 0.0264. The Balaban J connectivity index is 1.70. The van der Waals surface area contributed by atoms with Crippen LogP contribution < -0.4 is 4.74 Å². The van der Waals surface area contributed by atoms with Crippen LogP contribution >= 0.6 is 0 Å². The number of nitrogens with zero attached hydrogens (tertiary/aromatic N) is 3. The Kier molecular flexibility index (Phi) is 3.64. The molecule has 0 amide bonds. The molecule has 2 aliphatic heterocycles. The molecular weight excluding hydrogens is 258 g/mol. The second kappa shape index (κ2) is 5.58. The largest absolute Gasteiger partial charge is 0.485 e. The van der Waals surface area contributed by atoms with Crippen LogP contribution in [0.5, 0.6) is 5.75 Å². The van der Waals surface area contributed by atoms with Crippen molar-refractivity contribution in [1.29, 1.82) is 0 Å². The normalized spacial score (nSPS) is 17.4. The van der Waals surface area contributed by atoms with Crippen LogP contribution in [0.3, 0.4) is 0 Å². The number of nitro benzene ring substituents is 1. The van der Waals surface area contributed by atoms with Gasteiger partial charge in [0.25, 0.3) is 0 Å². The number of rotatable bonds is 5. The molecule has 0 radical (unpaired) electrons. The fourth-order valence-corrected chi connectivity index (χ4v) is 2.68. The second-order valence-electron chi connectivity index (χ2n) is 5.14. The molecule has 0 aliphatic carbocycles. The Hall–Kier alpha value is -1.95.